The van der Waals surface area contributed by atoms with Gasteiger partial charge in [-0.1, -0.05) is 17.7 Å². The van der Waals surface area contributed by atoms with Crippen molar-refractivity contribution in [1.82, 2.24) is 0 Å². The minimum Gasteiger partial charge on any atom is -0.493 e. The average Bonchev–Trinajstić information content (AvgIpc) is 2.89. The van der Waals surface area contributed by atoms with Crippen LogP contribution in [0.1, 0.15) is 36.8 Å². The van der Waals surface area contributed by atoms with E-state index in [1.165, 1.54) is 18.4 Å². The molecule has 0 saturated carbocycles. The second-order valence-electron chi connectivity index (χ2n) is 4.94. The van der Waals surface area contributed by atoms with Gasteiger partial charge < -0.3 is 15.2 Å². The van der Waals surface area contributed by atoms with Crippen LogP contribution in [-0.4, -0.2) is 19.3 Å². The monoisotopic (exact) mass is 249 g/mol. The van der Waals surface area contributed by atoms with Gasteiger partial charge in [0.2, 0.25) is 0 Å². The molecule has 1 unspecified atom stereocenters. The molecule has 100 valence electrons. The van der Waals surface area contributed by atoms with E-state index in [-0.39, 0.29) is 0 Å². The zero-order chi connectivity index (χ0) is 12.8. The molecule has 3 nitrogen and oxygen atoms in total. The van der Waals surface area contributed by atoms with E-state index < -0.39 is 0 Å². The molecule has 0 spiro atoms. The summed E-state index contributed by atoms with van der Waals surface area (Å²) in [6.45, 7) is 4.28. The maximum atomic E-state index is 5.81. The maximum absolute atomic E-state index is 5.81. The van der Waals surface area contributed by atoms with E-state index in [9.17, 15) is 0 Å². The van der Waals surface area contributed by atoms with Gasteiger partial charge in [0.25, 0.3) is 0 Å². The van der Waals surface area contributed by atoms with E-state index in [0.717, 1.165) is 37.4 Å². The summed E-state index contributed by atoms with van der Waals surface area (Å²) >= 11 is 0. The predicted octanol–water partition coefficient (Wildman–Crippen LogP) is 2.79. The van der Waals surface area contributed by atoms with Gasteiger partial charge >= 0.3 is 0 Å². The van der Waals surface area contributed by atoms with Gasteiger partial charge in [-0.25, -0.2) is 0 Å². The van der Waals surface area contributed by atoms with Gasteiger partial charge in [0.1, 0.15) is 5.75 Å². The van der Waals surface area contributed by atoms with Crippen LogP contribution < -0.4 is 10.5 Å². The van der Waals surface area contributed by atoms with E-state index >= 15 is 0 Å². The minimum atomic E-state index is 0.459. The Balaban J connectivity index is 1.75. The quantitative estimate of drug-likeness (QED) is 0.788. The number of hydrogen-bond acceptors (Lipinski definition) is 3. The van der Waals surface area contributed by atoms with Crippen molar-refractivity contribution in [3.05, 3.63) is 29.3 Å². The van der Waals surface area contributed by atoms with Gasteiger partial charge in [0.05, 0.1) is 12.7 Å². The molecule has 1 aromatic carbocycles. The largest absolute Gasteiger partial charge is 0.493 e. The van der Waals surface area contributed by atoms with Crippen molar-refractivity contribution in [2.45, 2.75) is 45.3 Å². The van der Waals surface area contributed by atoms with Gasteiger partial charge in [-0.05, 0) is 38.7 Å². The number of nitrogens with two attached hydrogens (primary N) is 1. The fourth-order valence-electron chi connectivity index (χ4n) is 2.37. The lowest BCUT2D eigenvalue weighted by atomic mass is 10.1. The van der Waals surface area contributed by atoms with E-state index in [0.29, 0.717) is 12.6 Å². The van der Waals surface area contributed by atoms with Crippen molar-refractivity contribution in [2.24, 2.45) is 5.73 Å². The third-order valence-corrected chi connectivity index (χ3v) is 3.39. The Kier molecular flexibility index (Phi) is 5.02. The predicted molar refractivity (Wildman–Crippen MR) is 72.8 cm³/mol. The zero-order valence-electron chi connectivity index (χ0n) is 11.2. The molecule has 0 bridgehead atoms. The molecular weight excluding hydrogens is 226 g/mol. The Bertz CT molecular complexity index is 373. The van der Waals surface area contributed by atoms with Gasteiger partial charge in [-0.2, -0.15) is 0 Å². The molecule has 2 N–H and O–H groups in total. The lowest BCUT2D eigenvalue weighted by Gasteiger charge is -2.12. The summed E-state index contributed by atoms with van der Waals surface area (Å²) in [4.78, 5) is 0. The fourth-order valence-corrected chi connectivity index (χ4v) is 2.37. The summed E-state index contributed by atoms with van der Waals surface area (Å²) in [7, 11) is 0. The van der Waals surface area contributed by atoms with E-state index in [1.54, 1.807) is 0 Å². The van der Waals surface area contributed by atoms with Crippen LogP contribution in [0.5, 0.6) is 5.75 Å². The first-order valence-corrected chi connectivity index (χ1v) is 6.83. The van der Waals surface area contributed by atoms with Crippen molar-refractivity contribution < 1.29 is 9.47 Å². The molecule has 2 rings (SSSR count). The molecule has 1 fully saturated rings. The van der Waals surface area contributed by atoms with E-state index in [1.807, 2.05) is 6.07 Å². The second-order valence-corrected chi connectivity index (χ2v) is 4.94. The molecule has 0 aromatic heterocycles. The van der Waals surface area contributed by atoms with E-state index in [2.05, 4.69) is 19.1 Å². The highest BCUT2D eigenvalue weighted by molar-refractivity contribution is 5.36. The molecule has 0 radical (unpaired) electrons. The number of aryl methyl sites for hydroxylation is 1. The van der Waals surface area contributed by atoms with Crippen LogP contribution in [0.4, 0.5) is 0 Å². The summed E-state index contributed by atoms with van der Waals surface area (Å²) < 4.78 is 11.4. The normalized spacial score (nSPS) is 19.1. The number of rotatable bonds is 6. The molecule has 1 heterocycles. The molecule has 18 heavy (non-hydrogen) atoms. The van der Waals surface area contributed by atoms with Crippen LogP contribution in [0.25, 0.3) is 0 Å². The molecule has 1 aliphatic heterocycles. The molecule has 0 amide bonds. The number of benzene rings is 1. The SMILES string of the molecule is Cc1ccc(OCCCC2CCCO2)c(CN)c1. The first-order chi connectivity index (χ1) is 8.79. The van der Waals surface area contributed by atoms with Gasteiger partial charge in [0.15, 0.2) is 0 Å². The highest BCUT2D eigenvalue weighted by Crippen LogP contribution is 2.21. The fraction of sp³-hybridized carbons (Fsp3) is 0.600. The van der Waals surface area contributed by atoms with Gasteiger partial charge in [0, 0.05) is 18.7 Å². The van der Waals surface area contributed by atoms with Crippen LogP contribution in [-0.2, 0) is 11.3 Å². The van der Waals surface area contributed by atoms with Crippen molar-refractivity contribution >= 4 is 0 Å². The lowest BCUT2D eigenvalue weighted by Crippen LogP contribution is -2.09. The van der Waals surface area contributed by atoms with Crippen molar-refractivity contribution in [1.29, 1.82) is 0 Å². The molecule has 1 aromatic rings. The van der Waals surface area contributed by atoms with Crippen LogP contribution in [0, 0.1) is 6.92 Å². The third-order valence-electron chi connectivity index (χ3n) is 3.39. The summed E-state index contributed by atoms with van der Waals surface area (Å²) in [6, 6.07) is 6.17. The lowest BCUT2D eigenvalue weighted by molar-refractivity contribution is 0.0981. The second kappa shape index (κ2) is 6.76. The van der Waals surface area contributed by atoms with Crippen molar-refractivity contribution in [3.63, 3.8) is 0 Å². The van der Waals surface area contributed by atoms with Crippen molar-refractivity contribution in [3.8, 4) is 5.75 Å². The highest BCUT2D eigenvalue weighted by atomic mass is 16.5. The molecule has 1 saturated heterocycles. The number of ether oxygens (including phenoxy) is 2. The summed E-state index contributed by atoms with van der Waals surface area (Å²) in [5.74, 6) is 0.926. The van der Waals surface area contributed by atoms with E-state index in [4.69, 9.17) is 15.2 Å². The molecule has 1 atom stereocenters. The summed E-state index contributed by atoms with van der Waals surface area (Å²) in [5.41, 5.74) is 8.04. The van der Waals surface area contributed by atoms with Crippen LogP contribution in [0.3, 0.4) is 0 Å². The molecule has 0 aliphatic carbocycles. The smallest absolute Gasteiger partial charge is 0.123 e. The minimum absolute atomic E-state index is 0.459. The van der Waals surface area contributed by atoms with Crippen molar-refractivity contribution in [2.75, 3.05) is 13.2 Å². The van der Waals surface area contributed by atoms with Crippen LogP contribution in [0.2, 0.25) is 0 Å². The molecular formula is C15H23NO2. The molecule has 3 heteroatoms. The standard InChI is InChI=1S/C15H23NO2/c1-12-6-7-15(13(10-12)11-16)18-9-3-5-14-4-2-8-17-14/h6-7,10,14H,2-5,8-9,11,16H2,1H3. The Labute approximate surface area is 109 Å². The van der Waals surface area contributed by atoms with Crippen LogP contribution in [0.15, 0.2) is 18.2 Å². The topological polar surface area (TPSA) is 44.5 Å². The first kappa shape index (κ1) is 13.4. The Morgan fingerprint density at radius 1 is 1.44 bits per heavy atom. The van der Waals surface area contributed by atoms with Gasteiger partial charge in [-0.15, -0.1) is 0 Å². The molecule has 1 aliphatic rings. The zero-order valence-corrected chi connectivity index (χ0v) is 11.2. The van der Waals surface area contributed by atoms with Crippen LogP contribution >= 0.6 is 0 Å². The average molecular weight is 249 g/mol. The summed E-state index contributed by atoms with van der Waals surface area (Å²) in [6.07, 6.45) is 5.02. The van der Waals surface area contributed by atoms with Gasteiger partial charge in [-0.3, -0.25) is 0 Å². The Hall–Kier alpha value is -1.06. The Morgan fingerprint density at radius 2 is 2.33 bits per heavy atom. The Morgan fingerprint density at radius 3 is 3.06 bits per heavy atom. The summed E-state index contributed by atoms with van der Waals surface area (Å²) in [5, 5.41) is 0. The third kappa shape index (κ3) is 3.72. The highest BCUT2D eigenvalue weighted by Gasteiger charge is 2.14. The number of hydrogen-bond donors (Lipinski definition) is 1. The maximum Gasteiger partial charge on any atom is 0.123 e. The first-order valence-electron chi connectivity index (χ1n) is 6.83.